The second-order valence-electron chi connectivity index (χ2n) is 5.39. The minimum absolute atomic E-state index is 0.165. The number of rotatable bonds is 2. The molecule has 0 radical (unpaired) electrons. The minimum Gasteiger partial charge on any atom is -0.317 e. The highest BCUT2D eigenvalue weighted by Crippen LogP contribution is 2.25. The summed E-state index contributed by atoms with van der Waals surface area (Å²) in [7, 11) is 0. The lowest BCUT2D eigenvalue weighted by atomic mass is 9.94. The van der Waals surface area contributed by atoms with E-state index in [0.29, 0.717) is 0 Å². The Morgan fingerprint density at radius 2 is 2.18 bits per heavy atom. The highest BCUT2D eigenvalue weighted by molar-refractivity contribution is 5.10. The van der Waals surface area contributed by atoms with E-state index in [2.05, 4.69) is 14.9 Å². The van der Waals surface area contributed by atoms with Crippen LogP contribution < -0.4 is 11.1 Å². The molecule has 94 valence electrons. The van der Waals surface area contributed by atoms with Crippen LogP contribution in [0.4, 0.5) is 0 Å². The van der Waals surface area contributed by atoms with E-state index in [4.69, 9.17) is 5.73 Å². The number of nitrogens with one attached hydrogen (secondary N) is 1. The van der Waals surface area contributed by atoms with Crippen LogP contribution in [-0.4, -0.2) is 22.6 Å². The molecule has 1 atom stereocenters. The van der Waals surface area contributed by atoms with Gasteiger partial charge in [-0.1, -0.05) is 0 Å². The summed E-state index contributed by atoms with van der Waals surface area (Å²) in [6.07, 6.45) is 9.31. The largest absolute Gasteiger partial charge is 0.317 e. The summed E-state index contributed by atoms with van der Waals surface area (Å²) in [5.41, 5.74) is 7.55. The maximum atomic E-state index is 6.21. The second-order valence-corrected chi connectivity index (χ2v) is 5.39. The average Bonchev–Trinajstić information content (AvgIpc) is 2.75. The van der Waals surface area contributed by atoms with Gasteiger partial charge in [-0.3, -0.25) is 0 Å². The molecule has 2 aliphatic heterocycles. The summed E-state index contributed by atoms with van der Waals surface area (Å²) < 4.78 is 2.30. The molecular weight excluding hydrogens is 212 g/mol. The van der Waals surface area contributed by atoms with Crippen molar-refractivity contribution in [3.8, 4) is 0 Å². The third-order valence-corrected chi connectivity index (χ3v) is 4.14. The van der Waals surface area contributed by atoms with Gasteiger partial charge in [-0.2, -0.15) is 0 Å². The quantitative estimate of drug-likeness (QED) is 0.809. The first kappa shape index (κ1) is 11.2. The van der Waals surface area contributed by atoms with Crippen LogP contribution in [0.15, 0.2) is 6.20 Å². The van der Waals surface area contributed by atoms with Crippen LogP contribution in [0.1, 0.15) is 43.4 Å². The smallest absolute Gasteiger partial charge is 0.110 e. The molecule has 3 N–H and O–H groups in total. The van der Waals surface area contributed by atoms with Crippen LogP contribution in [0.3, 0.4) is 0 Å². The normalized spacial score (nSPS) is 25.8. The first-order valence-corrected chi connectivity index (χ1v) is 6.86. The van der Waals surface area contributed by atoms with Crippen LogP contribution in [0.5, 0.6) is 0 Å². The van der Waals surface area contributed by atoms with Gasteiger partial charge >= 0.3 is 0 Å². The molecule has 0 saturated carbocycles. The number of hydrogen-bond acceptors (Lipinski definition) is 3. The van der Waals surface area contributed by atoms with Crippen LogP contribution in [-0.2, 0) is 12.8 Å². The molecule has 1 aromatic heterocycles. The van der Waals surface area contributed by atoms with Gasteiger partial charge in [0.05, 0.1) is 6.17 Å². The van der Waals surface area contributed by atoms with E-state index < -0.39 is 0 Å². The summed E-state index contributed by atoms with van der Waals surface area (Å²) in [4.78, 5) is 4.60. The molecule has 0 amide bonds. The lowest BCUT2D eigenvalue weighted by Gasteiger charge is -2.26. The number of aromatic nitrogens is 2. The molecule has 1 fully saturated rings. The monoisotopic (exact) mass is 234 g/mol. The highest BCUT2D eigenvalue weighted by atomic mass is 15.2. The summed E-state index contributed by atoms with van der Waals surface area (Å²) >= 11 is 0. The average molecular weight is 234 g/mol. The Morgan fingerprint density at radius 1 is 1.35 bits per heavy atom. The summed E-state index contributed by atoms with van der Waals surface area (Å²) in [6, 6.07) is 0. The van der Waals surface area contributed by atoms with E-state index in [9.17, 15) is 0 Å². The molecule has 0 aromatic carbocycles. The molecular formula is C13H22N4. The Kier molecular flexibility index (Phi) is 3.16. The lowest BCUT2D eigenvalue weighted by Crippen LogP contribution is -2.31. The molecule has 1 unspecified atom stereocenters. The van der Waals surface area contributed by atoms with E-state index in [1.165, 1.54) is 30.8 Å². The van der Waals surface area contributed by atoms with Gasteiger partial charge in [-0.15, -0.1) is 0 Å². The van der Waals surface area contributed by atoms with Crippen molar-refractivity contribution in [3.05, 3.63) is 17.7 Å². The van der Waals surface area contributed by atoms with Crippen molar-refractivity contribution in [2.45, 2.75) is 44.7 Å². The highest BCUT2D eigenvalue weighted by Gasteiger charge is 2.22. The molecule has 3 heterocycles. The first-order valence-electron chi connectivity index (χ1n) is 6.86. The lowest BCUT2D eigenvalue weighted by molar-refractivity contribution is 0.345. The Balaban J connectivity index is 1.76. The van der Waals surface area contributed by atoms with Crippen LogP contribution in [0.2, 0.25) is 0 Å². The number of imidazole rings is 1. The number of aryl methyl sites for hydroxylation is 1. The molecule has 1 saturated heterocycles. The van der Waals surface area contributed by atoms with Crippen LogP contribution >= 0.6 is 0 Å². The summed E-state index contributed by atoms with van der Waals surface area (Å²) in [5, 5.41) is 3.41. The third kappa shape index (κ3) is 2.24. The van der Waals surface area contributed by atoms with E-state index in [1.54, 1.807) is 0 Å². The minimum atomic E-state index is 0.165. The molecule has 0 aliphatic carbocycles. The van der Waals surface area contributed by atoms with Crippen molar-refractivity contribution in [1.29, 1.82) is 0 Å². The van der Waals surface area contributed by atoms with Crippen LogP contribution in [0, 0.1) is 5.92 Å². The zero-order chi connectivity index (χ0) is 11.7. The fourth-order valence-corrected chi connectivity index (χ4v) is 3.15. The maximum absolute atomic E-state index is 6.21. The van der Waals surface area contributed by atoms with Crippen molar-refractivity contribution in [3.63, 3.8) is 0 Å². The van der Waals surface area contributed by atoms with Crippen molar-refractivity contribution in [1.82, 2.24) is 14.9 Å². The van der Waals surface area contributed by atoms with Crippen molar-refractivity contribution < 1.29 is 0 Å². The molecule has 4 heteroatoms. The fraction of sp³-hybridized carbons (Fsp3) is 0.769. The first-order chi connectivity index (χ1) is 8.34. The second kappa shape index (κ2) is 4.78. The SMILES string of the molecule is NC1CCCc2cnc(CC3CCNCC3)n21. The Bertz CT molecular complexity index is 379. The fourth-order valence-electron chi connectivity index (χ4n) is 3.15. The zero-order valence-corrected chi connectivity index (χ0v) is 10.4. The molecule has 3 rings (SSSR count). The van der Waals surface area contributed by atoms with Gasteiger partial charge in [0.15, 0.2) is 0 Å². The molecule has 0 spiro atoms. The van der Waals surface area contributed by atoms with Gasteiger partial charge in [0, 0.05) is 18.3 Å². The number of fused-ring (bicyclic) bond motifs is 1. The van der Waals surface area contributed by atoms with E-state index in [0.717, 1.165) is 38.3 Å². The van der Waals surface area contributed by atoms with Gasteiger partial charge < -0.3 is 15.6 Å². The van der Waals surface area contributed by atoms with Gasteiger partial charge in [0.1, 0.15) is 5.82 Å². The molecule has 4 nitrogen and oxygen atoms in total. The topological polar surface area (TPSA) is 55.9 Å². The molecule has 0 bridgehead atoms. The molecule has 1 aromatic rings. The van der Waals surface area contributed by atoms with Crippen LogP contribution in [0.25, 0.3) is 0 Å². The summed E-state index contributed by atoms with van der Waals surface area (Å²) in [5.74, 6) is 2.01. The van der Waals surface area contributed by atoms with Crippen molar-refractivity contribution in [2.75, 3.05) is 13.1 Å². The number of piperidine rings is 1. The maximum Gasteiger partial charge on any atom is 0.110 e. The zero-order valence-electron chi connectivity index (χ0n) is 10.4. The number of nitrogens with two attached hydrogens (primary N) is 1. The van der Waals surface area contributed by atoms with E-state index in [-0.39, 0.29) is 6.17 Å². The Hall–Kier alpha value is -0.870. The van der Waals surface area contributed by atoms with Gasteiger partial charge in [0.25, 0.3) is 0 Å². The number of nitrogens with zero attached hydrogens (tertiary/aromatic N) is 2. The Labute approximate surface area is 103 Å². The summed E-state index contributed by atoms with van der Waals surface area (Å²) in [6.45, 7) is 2.31. The molecule has 2 aliphatic rings. The predicted octanol–water partition coefficient (Wildman–Crippen LogP) is 1.22. The van der Waals surface area contributed by atoms with Crippen molar-refractivity contribution in [2.24, 2.45) is 11.7 Å². The predicted molar refractivity (Wildman–Crippen MR) is 67.7 cm³/mol. The third-order valence-electron chi connectivity index (χ3n) is 4.14. The standard InChI is InChI=1S/C13H22N4/c14-12-3-1-2-11-9-16-13(17(11)12)8-10-4-6-15-7-5-10/h9-10,12,15H,1-8,14H2. The van der Waals surface area contributed by atoms with Gasteiger partial charge in [-0.05, 0) is 51.1 Å². The number of hydrogen-bond donors (Lipinski definition) is 2. The Morgan fingerprint density at radius 3 is 3.00 bits per heavy atom. The molecule has 17 heavy (non-hydrogen) atoms. The van der Waals surface area contributed by atoms with Crippen molar-refractivity contribution >= 4 is 0 Å². The van der Waals surface area contributed by atoms with E-state index in [1.807, 2.05) is 6.20 Å². The van der Waals surface area contributed by atoms with Gasteiger partial charge in [0.2, 0.25) is 0 Å². The van der Waals surface area contributed by atoms with Gasteiger partial charge in [-0.25, -0.2) is 4.98 Å². The van der Waals surface area contributed by atoms with E-state index >= 15 is 0 Å².